The molecule has 2 fully saturated rings. The van der Waals surface area contributed by atoms with Gasteiger partial charge in [0.2, 0.25) is 0 Å². The highest BCUT2D eigenvalue weighted by Crippen LogP contribution is 2.48. The van der Waals surface area contributed by atoms with Crippen LogP contribution in [0.25, 0.3) is 0 Å². The third-order valence-electron chi connectivity index (χ3n) is 7.67. The minimum absolute atomic E-state index is 0.00577. The number of aromatic hydroxyl groups is 3. The zero-order valence-corrected chi connectivity index (χ0v) is 21.2. The maximum absolute atomic E-state index is 13.5. The summed E-state index contributed by atoms with van der Waals surface area (Å²) in [4.78, 5) is 15.0. The van der Waals surface area contributed by atoms with E-state index in [0.29, 0.717) is 11.8 Å². The molecule has 3 atom stereocenters. The Bertz CT molecular complexity index is 1240. The van der Waals surface area contributed by atoms with E-state index in [0.717, 1.165) is 31.3 Å². The first-order valence-corrected chi connectivity index (χ1v) is 12.5. The maximum Gasteiger partial charge on any atom is 0.260 e. The van der Waals surface area contributed by atoms with Crippen LogP contribution in [-0.2, 0) is 9.47 Å². The van der Waals surface area contributed by atoms with Gasteiger partial charge in [-0.25, -0.2) is 0 Å². The number of rotatable bonds is 8. The smallest absolute Gasteiger partial charge is 0.260 e. The number of carbonyl (C=O) groups is 1. The lowest BCUT2D eigenvalue weighted by atomic mass is 9.94. The Morgan fingerprint density at radius 1 is 1.06 bits per heavy atom. The van der Waals surface area contributed by atoms with Crippen molar-refractivity contribution in [1.82, 2.24) is 0 Å². The molecule has 2 saturated heterocycles. The number of allylic oxidation sites excluding steroid dienone is 1. The molecule has 2 aromatic rings. The molecule has 0 aromatic heterocycles. The standard InChI is InChI=1S/C28H34N2O6/c1-16(8-9-23-28(4,36-23)12-10-22-27(2,3)35-22)11-13-30-19-14-17(31)15-21(33)25(19)29-24-18(26(30)34)6-5-7-20(24)32/h5-7,11,14-15,22-23,29,31-33H,8-10,12-13H2,1-4H3/b16-11+. The van der Waals surface area contributed by atoms with E-state index in [1.54, 1.807) is 12.1 Å². The molecule has 36 heavy (non-hydrogen) atoms. The zero-order chi connectivity index (χ0) is 25.8. The topological polar surface area (TPSA) is 118 Å². The first-order valence-electron chi connectivity index (χ1n) is 12.5. The number of fused-ring (bicyclic) bond motifs is 2. The van der Waals surface area contributed by atoms with Crippen molar-refractivity contribution in [3.05, 3.63) is 47.5 Å². The van der Waals surface area contributed by atoms with Crippen molar-refractivity contribution in [2.24, 2.45) is 0 Å². The van der Waals surface area contributed by atoms with Crippen LogP contribution in [0.3, 0.4) is 0 Å². The van der Waals surface area contributed by atoms with Crippen molar-refractivity contribution in [3.8, 4) is 17.2 Å². The van der Waals surface area contributed by atoms with Gasteiger partial charge in [-0.3, -0.25) is 4.79 Å². The van der Waals surface area contributed by atoms with Crippen molar-refractivity contribution in [1.29, 1.82) is 0 Å². The summed E-state index contributed by atoms with van der Waals surface area (Å²) in [5, 5.41) is 33.9. The second-order valence-corrected chi connectivity index (χ2v) is 10.9. The summed E-state index contributed by atoms with van der Waals surface area (Å²) in [6, 6.07) is 7.32. The molecule has 0 aliphatic carbocycles. The van der Waals surface area contributed by atoms with Crippen LogP contribution in [0.5, 0.6) is 17.2 Å². The van der Waals surface area contributed by atoms with Crippen LogP contribution < -0.4 is 10.2 Å². The van der Waals surface area contributed by atoms with Crippen molar-refractivity contribution >= 4 is 23.0 Å². The molecule has 0 bridgehead atoms. The number of nitrogens with zero attached hydrogens (tertiary/aromatic N) is 1. The molecular weight excluding hydrogens is 460 g/mol. The van der Waals surface area contributed by atoms with Crippen LogP contribution >= 0.6 is 0 Å². The van der Waals surface area contributed by atoms with Crippen molar-refractivity contribution in [2.75, 3.05) is 16.8 Å². The number of phenols is 3. The van der Waals surface area contributed by atoms with Gasteiger partial charge < -0.3 is 35.0 Å². The number of hydrogen-bond donors (Lipinski definition) is 4. The molecule has 0 saturated carbocycles. The minimum Gasteiger partial charge on any atom is -0.508 e. The van der Waals surface area contributed by atoms with E-state index in [9.17, 15) is 20.1 Å². The number of benzene rings is 2. The van der Waals surface area contributed by atoms with Gasteiger partial charge in [-0.1, -0.05) is 17.7 Å². The highest BCUT2D eigenvalue weighted by molar-refractivity contribution is 6.15. The highest BCUT2D eigenvalue weighted by Gasteiger charge is 2.54. The minimum atomic E-state index is -0.343. The van der Waals surface area contributed by atoms with Crippen molar-refractivity contribution < 1.29 is 29.6 Å². The van der Waals surface area contributed by atoms with Gasteiger partial charge in [-0.2, -0.15) is 0 Å². The van der Waals surface area contributed by atoms with Gasteiger partial charge in [0, 0.05) is 18.7 Å². The second-order valence-electron chi connectivity index (χ2n) is 10.9. The fourth-order valence-corrected chi connectivity index (χ4v) is 5.09. The Hall–Kier alpha value is -3.23. The number of ether oxygens (including phenoxy) is 2. The average molecular weight is 495 g/mol. The lowest BCUT2D eigenvalue weighted by Crippen LogP contribution is -2.30. The molecule has 192 valence electrons. The molecule has 5 rings (SSSR count). The summed E-state index contributed by atoms with van der Waals surface area (Å²) in [6.07, 6.45) is 6.26. The van der Waals surface area contributed by atoms with Crippen LogP contribution in [0, 0.1) is 0 Å². The molecule has 3 heterocycles. The second kappa shape index (κ2) is 8.71. The van der Waals surface area contributed by atoms with E-state index in [1.807, 2.05) is 13.0 Å². The predicted molar refractivity (Wildman–Crippen MR) is 137 cm³/mol. The van der Waals surface area contributed by atoms with E-state index in [-0.39, 0.29) is 63.9 Å². The predicted octanol–water partition coefficient (Wildman–Crippen LogP) is 5.35. The number of anilines is 3. The average Bonchev–Trinajstić information content (AvgIpc) is 3.67. The molecule has 4 N–H and O–H groups in total. The fraction of sp³-hybridized carbons (Fsp3) is 0.464. The summed E-state index contributed by atoms with van der Waals surface area (Å²) in [5.41, 5.74) is 2.11. The molecule has 0 radical (unpaired) electrons. The van der Waals surface area contributed by atoms with E-state index in [2.05, 4.69) is 26.1 Å². The number of para-hydroxylation sites is 1. The van der Waals surface area contributed by atoms with Crippen molar-refractivity contribution in [2.45, 2.75) is 76.8 Å². The van der Waals surface area contributed by atoms with Crippen LogP contribution in [0.1, 0.15) is 63.7 Å². The lowest BCUT2D eigenvalue weighted by molar-refractivity contribution is 0.0991. The van der Waals surface area contributed by atoms with Crippen LogP contribution in [0.2, 0.25) is 0 Å². The third kappa shape index (κ3) is 4.63. The Morgan fingerprint density at radius 3 is 2.53 bits per heavy atom. The normalized spacial score (nSPS) is 26.1. The van der Waals surface area contributed by atoms with Gasteiger partial charge in [0.1, 0.15) is 22.9 Å². The quantitative estimate of drug-likeness (QED) is 0.169. The fourth-order valence-electron chi connectivity index (χ4n) is 5.09. The largest absolute Gasteiger partial charge is 0.508 e. The molecule has 3 aliphatic rings. The first kappa shape index (κ1) is 24.5. The number of epoxide rings is 2. The third-order valence-corrected chi connectivity index (χ3v) is 7.67. The SMILES string of the molecule is C/C(=C\CN1C(=O)c2cccc(O)c2Nc2c(O)cc(O)cc21)CCC1OC1(C)CCC1OC1(C)C. The summed E-state index contributed by atoms with van der Waals surface area (Å²) in [7, 11) is 0. The number of amides is 1. The summed E-state index contributed by atoms with van der Waals surface area (Å²) in [6.45, 7) is 8.67. The monoisotopic (exact) mass is 494 g/mol. The number of carbonyl (C=O) groups excluding carboxylic acids is 1. The maximum atomic E-state index is 13.5. The molecule has 3 aliphatic heterocycles. The first-order chi connectivity index (χ1) is 17.0. The van der Waals surface area contributed by atoms with Gasteiger partial charge in [-0.05, 0) is 65.5 Å². The molecular formula is C28H34N2O6. The summed E-state index contributed by atoms with van der Waals surface area (Å²) < 4.78 is 11.7. The summed E-state index contributed by atoms with van der Waals surface area (Å²) >= 11 is 0. The van der Waals surface area contributed by atoms with Crippen molar-refractivity contribution in [3.63, 3.8) is 0 Å². The lowest BCUT2D eigenvalue weighted by Gasteiger charge is -2.22. The molecule has 8 nitrogen and oxygen atoms in total. The summed E-state index contributed by atoms with van der Waals surface area (Å²) in [5.74, 6) is -0.821. The zero-order valence-electron chi connectivity index (χ0n) is 21.2. The van der Waals surface area contributed by atoms with Gasteiger partial charge in [-0.15, -0.1) is 0 Å². The molecule has 0 spiro atoms. The number of hydrogen-bond acceptors (Lipinski definition) is 7. The van der Waals surface area contributed by atoms with E-state index >= 15 is 0 Å². The van der Waals surface area contributed by atoms with Gasteiger partial charge in [0.25, 0.3) is 5.91 Å². The Balaban J connectivity index is 1.27. The van der Waals surface area contributed by atoms with E-state index in [1.165, 1.54) is 23.1 Å². The molecule has 2 aromatic carbocycles. The molecule has 3 unspecified atom stereocenters. The van der Waals surface area contributed by atoms with Gasteiger partial charge >= 0.3 is 0 Å². The van der Waals surface area contributed by atoms with Crippen LogP contribution in [0.4, 0.5) is 17.1 Å². The van der Waals surface area contributed by atoms with Gasteiger partial charge in [0.15, 0.2) is 0 Å². The Morgan fingerprint density at radius 2 is 1.81 bits per heavy atom. The molecule has 1 amide bonds. The Kier molecular flexibility index (Phi) is 5.92. The number of nitrogens with one attached hydrogen (secondary N) is 1. The van der Waals surface area contributed by atoms with Crippen LogP contribution in [0.15, 0.2) is 42.0 Å². The highest BCUT2D eigenvalue weighted by atomic mass is 16.6. The van der Waals surface area contributed by atoms with E-state index in [4.69, 9.17) is 9.47 Å². The van der Waals surface area contributed by atoms with Crippen LogP contribution in [-0.4, -0.2) is 51.2 Å². The van der Waals surface area contributed by atoms with E-state index < -0.39 is 0 Å². The number of phenolic OH excluding ortho intramolecular Hbond substituents is 3. The molecule has 8 heteroatoms. The van der Waals surface area contributed by atoms with Gasteiger partial charge in [0.05, 0.1) is 40.3 Å². The Labute approximate surface area is 211 Å².